The number of nitrogens with zero attached hydrogens (tertiary/aromatic N) is 3. The van der Waals surface area contributed by atoms with Crippen LogP contribution >= 0.6 is 23.2 Å². The van der Waals surface area contributed by atoms with Crippen molar-refractivity contribution in [2.24, 2.45) is 5.16 Å². The minimum atomic E-state index is -4.76. The van der Waals surface area contributed by atoms with Gasteiger partial charge >= 0.3 is 6.18 Å². The first-order chi connectivity index (χ1) is 13.7. The number of aromatic nitrogens is 2. The van der Waals surface area contributed by atoms with E-state index in [9.17, 15) is 13.2 Å². The zero-order chi connectivity index (χ0) is 20.8. The van der Waals surface area contributed by atoms with Crippen LogP contribution in [0, 0.1) is 0 Å². The van der Waals surface area contributed by atoms with E-state index in [0.29, 0.717) is 16.9 Å². The lowest BCUT2D eigenvalue weighted by Gasteiger charge is -2.29. The van der Waals surface area contributed by atoms with Crippen molar-refractivity contribution in [3.05, 3.63) is 76.0 Å². The molecule has 0 saturated carbocycles. The van der Waals surface area contributed by atoms with E-state index in [1.807, 2.05) is 0 Å². The molecule has 2 aromatic carbocycles. The summed E-state index contributed by atoms with van der Waals surface area (Å²) in [7, 11) is 0. The fraction of sp³-hybridized carbons (Fsp3) is 0.158. The van der Waals surface area contributed by atoms with Gasteiger partial charge in [0.05, 0.1) is 17.1 Å². The first-order valence-electron chi connectivity index (χ1n) is 8.38. The summed E-state index contributed by atoms with van der Waals surface area (Å²) in [6.07, 6.45) is -2.00. The van der Waals surface area contributed by atoms with Crippen LogP contribution in [0.1, 0.15) is 17.5 Å². The molecule has 2 N–H and O–H groups in total. The zero-order valence-corrected chi connectivity index (χ0v) is 16.1. The molecule has 0 saturated heterocycles. The second kappa shape index (κ2) is 6.96. The summed E-state index contributed by atoms with van der Waals surface area (Å²) in [5.41, 5.74) is 4.62. The molecule has 0 fully saturated rings. The molecule has 1 aliphatic rings. The van der Waals surface area contributed by atoms with Crippen LogP contribution in [-0.2, 0) is 10.4 Å². The maximum absolute atomic E-state index is 14.1. The number of alkyl halides is 3. The Labute approximate surface area is 173 Å². The van der Waals surface area contributed by atoms with E-state index in [0.717, 1.165) is 0 Å². The fourth-order valence-corrected chi connectivity index (χ4v) is 3.73. The Morgan fingerprint density at radius 2 is 1.83 bits per heavy atom. The second-order valence-electron chi connectivity index (χ2n) is 6.51. The first-order valence-corrected chi connectivity index (χ1v) is 9.13. The Bertz CT molecular complexity index is 1080. The van der Waals surface area contributed by atoms with E-state index in [4.69, 9.17) is 33.8 Å². The third-order valence-corrected chi connectivity index (χ3v) is 5.06. The van der Waals surface area contributed by atoms with Gasteiger partial charge in [-0.1, -0.05) is 34.4 Å². The zero-order valence-electron chi connectivity index (χ0n) is 14.6. The predicted octanol–water partition coefficient (Wildman–Crippen LogP) is 5.34. The Hall–Kier alpha value is -2.71. The van der Waals surface area contributed by atoms with Gasteiger partial charge in [-0.2, -0.15) is 18.3 Å². The number of halogens is 5. The van der Waals surface area contributed by atoms with Crippen LogP contribution in [0.2, 0.25) is 10.0 Å². The monoisotopic (exact) mass is 440 g/mol. The highest BCUT2D eigenvalue weighted by atomic mass is 35.5. The lowest BCUT2D eigenvalue weighted by Crippen LogP contribution is -2.42. The van der Waals surface area contributed by atoms with Crippen LogP contribution in [0.25, 0.3) is 5.69 Å². The van der Waals surface area contributed by atoms with Crippen molar-refractivity contribution < 1.29 is 18.0 Å². The van der Waals surface area contributed by atoms with Gasteiger partial charge in [0, 0.05) is 40.0 Å². The highest BCUT2D eigenvalue weighted by molar-refractivity contribution is 6.34. The van der Waals surface area contributed by atoms with Gasteiger partial charge < -0.3 is 10.6 Å². The van der Waals surface area contributed by atoms with Crippen LogP contribution in [0.4, 0.5) is 18.9 Å². The molecule has 4 rings (SSSR count). The van der Waals surface area contributed by atoms with Gasteiger partial charge in [-0.3, -0.25) is 0 Å². The number of benzene rings is 2. The number of nitrogen functional groups attached to an aromatic ring is 1. The standard InChI is InChI=1S/C19H13Cl2F3N4O/c20-13-7-12(8-14(21)9-13)18(19(22,23)24)10-16(27-29-18)11-2-3-17(15(25)6-11)28-5-1-4-26-28/h1-9H,10,25H2. The molecule has 1 unspecified atom stereocenters. The number of oxime groups is 1. The maximum atomic E-state index is 14.1. The van der Waals surface area contributed by atoms with Crippen molar-refractivity contribution in [1.29, 1.82) is 0 Å². The molecule has 0 spiro atoms. The molecule has 5 nitrogen and oxygen atoms in total. The maximum Gasteiger partial charge on any atom is 0.435 e. The number of hydrogen-bond donors (Lipinski definition) is 1. The van der Waals surface area contributed by atoms with Crippen molar-refractivity contribution in [1.82, 2.24) is 9.78 Å². The van der Waals surface area contributed by atoms with E-state index in [-0.39, 0.29) is 21.3 Å². The molecule has 1 atom stereocenters. The third kappa shape index (κ3) is 3.42. The lowest BCUT2D eigenvalue weighted by atomic mass is 9.86. The summed E-state index contributed by atoms with van der Waals surface area (Å²) in [6, 6.07) is 10.2. The summed E-state index contributed by atoms with van der Waals surface area (Å²) in [4.78, 5) is 5.00. The van der Waals surface area contributed by atoms with E-state index >= 15 is 0 Å². The molecule has 1 aliphatic heterocycles. The van der Waals surface area contributed by atoms with Gasteiger partial charge in [-0.25, -0.2) is 4.68 Å². The molecular formula is C19H13Cl2F3N4O. The molecule has 0 aliphatic carbocycles. The summed E-state index contributed by atoms with van der Waals surface area (Å²) < 4.78 is 43.7. The highest BCUT2D eigenvalue weighted by Gasteiger charge is 2.62. The minimum Gasteiger partial charge on any atom is -0.397 e. The quantitative estimate of drug-likeness (QED) is 0.558. The smallest absolute Gasteiger partial charge is 0.397 e. The molecule has 2 heterocycles. The van der Waals surface area contributed by atoms with Crippen LogP contribution in [0.5, 0.6) is 0 Å². The number of hydrogen-bond acceptors (Lipinski definition) is 4. The molecule has 0 bridgehead atoms. The average molecular weight is 441 g/mol. The SMILES string of the molecule is Nc1cc(C2=NOC(c3cc(Cl)cc(Cl)c3)(C(F)(F)F)C2)ccc1-n1cccn1. The van der Waals surface area contributed by atoms with Crippen molar-refractivity contribution >= 4 is 34.6 Å². The normalized spacial score (nSPS) is 19.1. The Balaban J connectivity index is 1.71. The van der Waals surface area contributed by atoms with Gasteiger partial charge in [0.2, 0.25) is 0 Å². The molecule has 0 radical (unpaired) electrons. The van der Waals surface area contributed by atoms with Gasteiger partial charge in [0.15, 0.2) is 0 Å². The lowest BCUT2D eigenvalue weighted by molar-refractivity contribution is -0.275. The van der Waals surface area contributed by atoms with Crippen molar-refractivity contribution in [2.45, 2.75) is 18.2 Å². The number of rotatable bonds is 3. The summed E-state index contributed by atoms with van der Waals surface area (Å²) in [6.45, 7) is 0. The van der Waals surface area contributed by atoms with Crippen molar-refractivity contribution in [3.63, 3.8) is 0 Å². The van der Waals surface area contributed by atoms with Crippen LogP contribution in [0.15, 0.2) is 60.0 Å². The molecule has 3 aromatic rings. The van der Waals surface area contributed by atoms with Gasteiger partial charge in [-0.15, -0.1) is 0 Å². The van der Waals surface area contributed by atoms with Crippen molar-refractivity contribution in [2.75, 3.05) is 5.73 Å². The minimum absolute atomic E-state index is 0.0704. The van der Waals surface area contributed by atoms with E-state index in [1.54, 1.807) is 35.3 Å². The van der Waals surface area contributed by atoms with Crippen LogP contribution in [0.3, 0.4) is 0 Å². The Morgan fingerprint density at radius 3 is 2.41 bits per heavy atom. The first kappa shape index (κ1) is 19.6. The van der Waals surface area contributed by atoms with Gasteiger partial charge in [-0.05, 0) is 36.4 Å². The van der Waals surface area contributed by atoms with Gasteiger partial charge in [0.25, 0.3) is 5.60 Å². The molecule has 10 heteroatoms. The largest absolute Gasteiger partial charge is 0.435 e. The second-order valence-corrected chi connectivity index (χ2v) is 7.39. The molecular weight excluding hydrogens is 428 g/mol. The molecule has 0 amide bonds. The highest BCUT2D eigenvalue weighted by Crippen LogP contribution is 2.49. The van der Waals surface area contributed by atoms with E-state index in [2.05, 4.69) is 10.3 Å². The Morgan fingerprint density at radius 1 is 1.10 bits per heavy atom. The average Bonchev–Trinajstić information content (AvgIpc) is 3.31. The molecule has 29 heavy (non-hydrogen) atoms. The van der Waals surface area contributed by atoms with Crippen molar-refractivity contribution in [3.8, 4) is 5.69 Å². The van der Waals surface area contributed by atoms with E-state index < -0.39 is 18.2 Å². The Kier molecular flexibility index (Phi) is 4.71. The third-order valence-electron chi connectivity index (χ3n) is 4.63. The number of anilines is 1. The predicted molar refractivity (Wildman–Crippen MR) is 104 cm³/mol. The summed E-state index contributed by atoms with van der Waals surface area (Å²) in [5.74, 6) is 0. The topological polar surface area (TPSA) is 65.4 Å². The number of nitrogens with two attached hydrogens (primary N) is 1. The van der Waals surface area contributed by atoms with Gasteiger partial charge in [0.1, 0.15) is 0 Å². The molecule has 1 aromatic heterocycles. The summed E-state index contributed by atoms with van der Waals surface area (Å²) >= 11 is 11.8. The molecule has 150 valence electrons. The fourth-order valence-electron chi connectivity index (χ4n) is 3.20. The van der Waals surface area contributed by atoms with E-state index in [1.165, 1.54) is 24.3 Å². The van der Waals surface area contributed by atoms with Crippen LogP contribution in [-0.4, -0.2) is 21.7 Å². The summed E-state index contributed by atoms with van der Waals surface area (Å²) in [5, 5.41) is 7.96. The van der Waals surface area contributed by atoms with Crippen LogP contribution < -0.4 is 5.73 Å².